The summed E-state index contributed by atoms with van der Waals surface area (Å²) in [6, 6.07) is 8.32. The van der Waals surface area contributed by atoms with Crippen LogP contribution in [-0.2, 0) is 27.4 Å². The summed E-state index contributed by atoms with van der Waals surface area (Å²) in [7, 11) is 1.44. The highest BCUT2D eigenvalue weighted by atomic mass is 19.1. The van der Waals surface area contributed by atoms with Gasteiger partial charge in [-0.25, -0.2) is 4.39 Å². The Labute approximate surface area is 243 Å². The van der Waals surface area contributed by atoms with Gasteiger partial charge in [0, 0.05) is 37.1 Å². The van der Waals surface area contributed by atoms with Gasteiger partial charge in [0.2, 0.25) is 11.8 Å². The number of aliphatic hydroxyl groups is 3. The van der Waals surface area contributed by atoms with Crippen molar-refractivity contribution in [2.24, 2.45) is 0 Å². The number of ketones is 1. The molecule has 4 N–H and O–H groups in total. The molecule has 2 amide bonds. The number of halogens is 1. The van der Waals surface area contributed by atoms with Crippen LogP contribution >= 0.6 is 0 Å². The highest BCUT2D eigenvalue weighted by molar-refractivity contribution is 5.96. The molecule has 10 nitrogen and oxygen atoms in total. The first-order chi connectivity index (χ1) is 20.2. The largest absolute Gasteiger partial charge is 0.493 e. The number of carbonyl (C=O) groups excluding carboxylic acids is 3. The lowest BCUT2D eigenvalue weighted by Crippen LogP contribution is -2.56. The lowest BCUT2D eigenvalue weighted by Gasteiger charge is -2.41. The molecule has 0 saturated carbocycles. The van der Waals surface area contributed by atoms with Crippen molar-refractivity contribution < 1.29 is 43.6 Å². The Kier molecular flexibility index (Phi) is 10.3. The molecule has 0 spiro atoms. The Morgan fingerprint density at radius 1 is 1.12 bits per heavy atom. The first-order valence-corrected chi connectivity index (χ1v) is 14.0. The monoisotopic (exact) mass is 584 g/mol. The standard InChI is InChI=1S/C31H37FN2O8/c1-18(37)5-3-8-26(38)34(11-9-19-6-4-7-21(32)13-19)24-16-23(31(40)33-10-12-35)27-22-14-20(17-36)15-25(41-2)29(22)42-30(27)28(24)39/h4,6-7,13-16,24,27-28,30,35-36,39H,3,5,8-12,17H2,1-2H3,(H,33,40)/t24-,27+,28+,30+/m1/s1. The van der Waals surface area contributed by atoms with E-state index in [9.17, 15) is 34.1 Å². The molecule has 0 unspecified atom stereocenters. The minimum Gasteiger partial charge on any atom is -0.493 e. The number of methoxy groups -OCH3 is 1. The number of nitrogens with one attached hydrogen (secondary N) is 1. The van der Waals surface area contributed by atoms with E-state index in [2.05, 4.69) is 5.32 Å². The van der Waals surface area contributed by atoms with Crippen LogP contribution in [0.1, 0.15) is 48.8 Å². The van der Waals surface area contributed by atoms with Crippen LogP contribution in [0.15, 0.2) is 48.0 Å². The Hall–Kier alpha value is -3.80. The number of benzene rings is 2. The van der Waals surface area contributed by atoms with Gasteiger partial charge in [0.1, 0.15) is 23.8 Å². The van der Waals surface area contributed by atoms with Gasteiger partial charge in [-0.1, -0.05) is 12.1 Å². The van der Waals surface area contributed by atoms with Gasteiger partial charge in [-0.05, 0) is 61.2 Å². The second kappa shape index (κ2) is 13.9. The number of rotatable bonds is 13. The fraction of sp³-hybridized carbons (Fsp3) is 0.452. The van der Waals surface area contributed by atoms with Crippen LogP contribution in [0.3, 0.4) is 0 Å². The molecule has 0 saturated heterocycles. The quantitative estimate of drug-likeness (QED) is 0.279. The number of Topliss-reactive ketones (excluding diaryl/α,β-unsaturated/α-hetero) is 1. The summed E-state index contributed by atoms with van der Waals surface area (Å²) < 4.78 is 25.6. The van der Waals surface area contributed by atoms with Crippen molar-refractivity contribution in [1.29, 1.82) is 0 Å². The summed E-state index contributed by atoms with van der Waals surface area (Å²) >= 11 is 0. The number of fused-ring (bicyclic) bond motifs is 3. The molecule has 0 radical (unpaired) electrons. The van der Waals surface area contributed by atoms with Gasteiger partial charge < -0.3 is 39.8 Å². The van der Waals surface area contributed by atoms with Crippen molar-refractivity contribution >= 4 is 17.6 Å². The number of hydrogen-bond acceptors (Lipinski definition) is 8. The maximum Gasteiger partial charge on any atom is 0.247 e. The normalized spacial score (nSPS) is 20.6. The summed E-state index contributed by atoms with van der Waals surface area (Å²) in [4.78, 5) is 40.0. The number of aliphatic hydroxyl groups excluding tert-OH is 3. The second-order valence-electron chi connectivity index (χ2n) is 10.5. The Morgan fingerprint density at radius 3 is 2.57 bits per heavy atom. The molecule has 1 heterocycles. The number of nitrogens with zero attached hydrogens (tertiary/aromatic N) is 1. The van der Waals surface area contributed by atoms with Gasteiger partial charge >= 0.3 is 0 Å². The molecule has 2 aliphatic rings. The van der Waals surface area contributed by atoms with Crippen molar-refractivity contribution in [3.63, 3.8) is 0 Å². The third kappa shape index (κ3) is 6.80. The highest BCUT2D eigenvalue weighted by Gasteiger charge is 2.51. The second-order valence-corrected chi connectivity index (χ2v) is 10.5. The number of carbonyl (C=O) groups is 3. The molecule has 1 aliphatic heterocycles. The zero-order chi connectivity index (χ0) is 30.4. The van der Waals surface area contributed by atoms with Crippen LogP contribution in [-0.4, -0.2) is 82.9 Å². The molecule has 4 rings (SSSR count). The van der Waals surface area contributed by atoms with Gasteiger partial charge in [0.15, 0.2) is 11.5 Å². The average molecular weight is 585 g/mol. The Morgan fingerprint density at radius 2 is 1.90 bits per heavy atom. The van der Waals surface area contributed by atoms with E-state index in [4.69, 9.17) is 9.47 Å². The van der Waals surface area contributed by atoms with Crippen LogP contribution in [0.5, 0.6) is 11.5 Å². The van der Waals surface area contributed by atoms with E-state index >= 15 is 0 Å². The number of amides is 2. The van der Waals surface area contributed by atoms with E-state index in [1.165, 1.54) is 31.1 Å². The van der Waals surface area contributed by atoms with E-state index < -0.39 is 35.9 Å². The number of ether oxygens (including phenoxy) is 2. The molecule has 1 aliphatic carbocycles. The summed E-state index contributed by atoms with van der Waals surface area (Å²) in [5, 5.41) is 33.5. The molecule has 2 aromatic carbocycles. The summed E-state index contributed by atoms with van der Waals surface area (Å²) in [5.41, 5.74) is 1.95. The zero-order valence-electron chi connectivity index (χ0n) is 23.7. The summed E-state index contributed by atoms with van der Waals surface area (Å²) in [6.45, 7) is 0.965. The van der Waals surface area contributed by atoms with Gasteiger partial charge in [-0.15, -0.1) is 0 Å². The predicted octanol–water partition coefficient (Wildman–Crippen LogP) is 1.78. The third-order valence-electron chi connectivity index (χ3n) is 7.62. The van der Waals surface area contributed by atoms with Gasteiger partial charge in [0.05, 0.1) is 32.3 Å². The van der Waals surface area contributed by atoms with Gasteiger partial charge in [0.25, 0.3) is 0 Å². The van der Waals surface area contributed by atoms with Crippen LogP contribution in [0, 0.1) is 5.82 Å². The van der Waals surface area contributed by atoms with E-state index in [0.717, 1.165) is 0 Å². The summed E-state index contributed by atoms with van der Waals surface area (Å²) in [6.07, 6.45) is 0.145. The Bertz CT molecular complexity index is 1350. The average Bonchev–Trinajstić information content (AvgIpc) is 3.36. The highest BCUT2D eigenvalue weighted by Crippen LogP contribution is 2.51. The van der Waals surface area contributed by atoms with Crippen molar-refractivity contribution in [2.45, 2.75) is 63.4 Å². The van der Waals surface area contributed by atoms with Crippen LogP contribution in [0.4, 0.5) is 4.39 Å². The molecule has 0 fully saturated rings. The minimum absolute atomic E-state index is 0.0121. The Balaban J connectivity index is 1.75. The smallest absolute Gasteiger partial charge is 0.247 e. The molecular weight excluding hydrogens is 547 g/mol. The van der Waals surface area contributed by atoms with Crippen molar-refractivity contribution in [3.05, 3.63) is 70.6 Å². The fourth-order valence-electron chi connectivity index (χ4n) is 5.63. The van der Waals surface area contributed by atoms with E-state index in [0.29, 0.717) is 34.6 Å². The van der Waals surface area contributed by atoms with Crippen LogP contribution in [0.25, 0.3) is 0 Å². The van der Waals surface area contributed by atoms with Crippen molar-refractivity contribution in [1.82, 2.24) is 10.2 Å². The van der Waals surface area contributed by atoms with E-state index in [1.54, 1.807) is 30.3 Å². The van der Waals surface area contributed by atoms with E-state index in [1.807, 2.05) is 0 Å². The molecule has 2 aromatic rings. The molecular formula is C31H37FN2O8. The summed E-state index contributed by atoms with van der Waals surface area (Å²) in [5.74, 6) is -1.40. The molecule has 11 heteroatoms. The minimum atomic E-state index is -1.27. The maximum atomic E-state index is 13.9. The van der Waals surface area contributed by atoms with Crippen LogP contribution < -0.4 is 14.8 Å². The molecule has 0 aromatic heterocycles. The lowest BCUT2D eigenvalue weighted by molar-refractivity contribution is -0.137. The fourth-order valence-corrected chi connectivity index (χ4v) is 5.63. The molecule has 0 bridgehead atoms. The molecule has 4 atom stereocenters. The van der Waals surface area contributed by atoms with Crippen molar-refractivity contribution in [2.75, 3.05) is 26.8 Å². The number of hydrogen-bond donors (Lipinski definition) is 4. The van der Waals surface area contributed by atoms with Gasteiger partial charge in [-0.3, -0.25) is 9.59 Å². The van der Waals surface area contributed by atoms with Crippen LogP contribution in [0.2, 0.25) is 0 Å². The zero-order valence-corrected chi connectivity index (χ0v) is 23.7. The maximum absolute atomic E-state index is 13.9. The topological polar surface area (TPSA) is 146 Å². The first-order valence-electron chi connectivity index (χ1n) is 14.0. The lowest BCUT2D eigenvalue weighted by atomic mass is 9.77. The molecule has 42 heavy (non-hydrogen) atoms. The predicted molar refractivity (Wildman–Crippen MR) is 150 cm³/mol. The third-order valence-corrected chi connectivity index (χ3v) is 7.62. The van der Waals surface area contributed by atoms with Crippen molar-refractivity contribution in [3.8, 4) is 11.5 Å². The SMILES string of the molecule is COc1cc(CO)cc2c1O[C@@H]1[C@@H](O)[C@H](N(CCc3cccc(F)c3)C(=O)CCCC(C)=O)C=C(C(=O)NCCO)[C@H]21. The molecule has 226 valence electrons. The first kappa shape index (κ1) is 31.1. The van der Waals surface area contributed by atoms with Gasteiger partial charge in [-0.2, -0.15) is 0 Å². The van der Waals surface area contributed by atoms with E-state index in [-0.39, 0.29) is 62.8 Å².